The van der Waals surface area contributed by atoms with Crippen molar-refractivity contribution in [3.8, 4) is 0 Å². The van der Waals surface area contributed by atoms with Crippen LogP contribution in [0.2, 0.25) is 0 Å². The largest absolute Gasteiger partial charge is 0.478 e. The minimum Gasteiger partial charge on any atom is -0.478 e. The third-order valence-electron chi connectivity index (χ3n) is 4.01. The van der Waals surface area contributed by atoms with Crippen LogP contribution in [0.25, 0.3) is 0 Å². The maximum Gasteiger partial charge on any atom is 0.337 e. The Bertz CT molecular complexity index is 705. The van der Waals surface area contributed by atoms with Crippen LogP contribution in [-0.2, 0) is 0 Å². The summed E-state index contributed by atoms with van der Waals surface area (Å²) in [5, 5.41) is 30.2. The Morgan fingerprint density at radius 1 is 0.833 bits per heavy atom. The summed E-state index contributed by atoms with van der Waals surface area (Å²) < 4.78 is 0. The number of rotatable bonds is 5. The molecule has 1 saturated carbocycles. The van der Waals surface area contributed by atoms with E-state index in [4.69, 9.17) is 10.2 Å². The van der Waals surface area contributed by atoms with Crippen LogP contribution in [0.4, 0.5) is 0 Å². The van der Waals surface area contributed by atoms with Crippen molar-refractivity contribution in [3.63, 3.8) is 0 Å². The summed E-state index contributed by atoms with van der Waals surface area (Å²) in [6.07, 6.45) is 4.43. The van der Waals surface area contributed by atoms with E-state index in [1.165, 1.54) is 0 Å². The van der Waals surface area contributed by atoms with Crippen molar-refractivity contribution in [2.24, 2.45) is 0 Å². The molecule has 24 heavy (non-hydrogen) atoms. The van der Waals surface area contributed by atoms with Crippen LogP contribution < -0.4 is 5.32 Å². The molecule has 128 valence electrons. The molecule has 0 bridgehead atoms. The lowest BCUT2D eigenvalue weighted by molar-refractivity contribution is 0.0646. The van der Waals surface area contributed by atoms with Gasteiger partial charge >= 0.3 is 17.9 Å². The zero-order chi connectivity index (χ0) is 17.9. The number of carboxylic acid groups (broad SMARTS) is 3. The predicted molar refractivity (Wildman–Crippen MR) is 81.7 cm³/mol. The third-order valence-corrected chi connectivity index (χ3v) is 4.01. The molecule has 0 unspecified atom stereocenters. The number of carbonyl (C=O) groups is 4. The maximum atomic E-state index is 12.4. The fraction of sp³-hybridized carbons (Fsp3) is 0.375. The van der Waals surface area contributed by atoms with E-state index >= 15 is 0 Å². The molecule has 0 aliphatic heterocycles. The van der Waals surface area contributed by atoms with Gasteiger partial charge in [0.1, 0.15) is 0 Å². The summed E-state index contributed by atoms with van der Waals surface area (Å²) in [5.74, 6) is -5.42. The summed E-state index contributed by atoms with van der Waals surface area (Å²) in [6.45, 7) is 0. The molecule has 1 aliphatic carbocycles. The van der Waals surface area contributed by atoms with Gasteiger partial charge in [-0.3, -0.25) is 4.79 Å². The van der Waals surface area contributed by atoms with Gasteiger partial charge in [0.05, 0.1) is 22.3 Å². The second kappa shape index (κ2) is 7.12. The van der Waals surface area contributed by atoms with E-state index in [1.54, 1.807) is 0 Å². The Kier molecular flexibility index (Phi) is 5.18. The number of hydrogen-bond acceptors (Lipinski definition) is 4. The van der Waals surface area contributed by atoms with Crippen LogP contribution in [0.15, 0.2) is 12.1 Å². The Morgan fingerprint density at radius 3 is 1.92 bits per heavy atom. The van der Waals surface area contributed by atoms with E-state index in [9.17, 15) is 24.3 Å². The molecule has 0 spiro atoms. The molecule has 4 N–H and O–H groups in total. The number of benzene rings is 1. The normalized spacial score (nSPS) is 14.8. The molecule has 1 aromatic rings. The minimum atomic E-state index is -1.61. The second-order valence-electron chi connectivity index (χ2n) is 5.67. The van der Waals surface area contributed by atoms with Crippen molar-refractivity contribution in [2.75, 3.05) is 0 Å². The molecule has 0 saturated heterocycles. The van der Waals surface area contributed by atoms with Gasteiger partial charge in [-0.2, -0.15) is 0 Å². The Balaban J connectivity index is 2.48. The van der Waals surface area contributed by atoms with Crippen molar-refractivity contribution in [3.05, 3.63) is 34.4 Å². The van der Waals surface area contributed by atoms with Gasteiger partial charge in [0.2, 0.25) is 0 Å². The van der Waals surface area contributed by atoms with Crippen LogP contribution >= 0.6 is 0 Å². The quantitative estimate of drug-likeness (QED) is 0.643. The molecule has 1 amide bonds. The molecular weight excluding hydrogens is 318 g/mol. The van der Waals surface area contributed by atoms with Gasteiger partial charge in [-0.05, 0) is 25.0 Å². The predicted octanol–water partition coefficient (Wildman–Crippen LogP) is 1.84. The summed E-state index contributed by atoms with van der Waals surface area (Å²) in [4.78, 5) is 46.3. The van der Waals surface area contributed by atoms with Gasteiger partial charge in [-0.1, -0.05) is 19.3 Å². The fourth-order valence-corrected chi connectivity index (χ4v) is 2.85. The van der Waals surface area contributed by atoms with E-state index in [0.717, 1.165) is 44.2 Å². The first-order chi connectivity index (χ1) is 11.3. The summed E-state index contributed by atoms with van der Waals surface area (Å²) in [6, 6.07) is 1.51. The molecule has 8 heteroatoms. The number of hydrogen-bond donors (Lipinski definition) is 4. The van der Waals surface area contributed by atoms with Gasteiger partial charge in [-0.15, -0.1) is 0 Å². The van der Waals surface area contributed by atoms with Gasteiger partial charge < -0.3 is 20.6 Å². The van der Waals surface area contributed by atoms with Crippen molar-refractivity contribution < 1.29 is 34.5 Å². The Labute approximate surface area is 137 Å². The minimum absolute atomic E-state index is 0.130. The number of nitrogens with one attached hydrogen (secondary N) is 1. The first-order valence-electron chi connectivity index (χ1n) is 7.50. The molecule has 1 fully saturated rings. The van der Waals surface area contributed by atoms with Crippen LogP contribution in [0.1, 0.15) is 73.5 Å². The lowest BCUT2D eigenvalue weighted by Gasteiger charge is -2.23. The SMILES string of the molecule is O=C(O)c1cc(C(=O)O)c(C(=O)O)c(C(=O)NC2CCCCC2)c1. The van der Waals surface area contributed by atoms with E-state index < -0.39 is 46.1 Å². The zero-order valence-corrected chi connectivity index (χ0v) is 12.7. The highest BCUT2D eigenvalue weighted by Gasteiger charge is 2.28. The third kappa shape index (κ3) is 3.70. The van der Waals surface area contributed by atoms with Gasteiger partial charge in [0.25, 0.3) is 5.91 Å². The second-order valence-corrected chi connectivity index (χ2v) is 5.67. The van der Waals surface area contributed by atoms with Crippen molar-refractivity contribution in [1.82, 2.24) is 5.32 Å². The van der Waals surface area contributed by atoms with Crippen LogP contribution in [0.5, 0.6) is 0 Å². The molecule has 8 nitrogen and oxygen atoms in total. The van der Waals surface area contributed by atoms with E-state index in [2.05, 4.69) is 5.32 Å². The number of carboxylic acids is 3. The van der Waals surface area contributed by atoms with Crippen molar-refractivity contribution in [1.29, 1.82) is 0 Å². The standard InChI is InChI=1S/C16H17NO7/c18-13(17-9-4-2-1-3-5-9)10-6-8(14(19)20)7-11(15(21)22)12(10)16(23)24/h6-7,9H,1-5H2,(H,17,18)(H,19,20)(H,21,22)(H,23,24). The monoisotopic (exact) mass is 335 g/mol. The summed E-state index contributed by atoms with van der Waals surface area (Å²) in [5.41, 5.74) is -2.34. The van der Waals surface area contributed by atoms with Crippen LogP contribution in [0.3, 0.4) is 0 Å². The molecule has 2 rings (SSSR count). The lowest BCUT2D eigenvalue weighted by atomic mass is 9.93. The summed E-state index contributed by atoms with van der Waals surface area (Å²) >= 11 is 0. The van der Waals surface area contributed by atoms with E-state index in [-0.39, 0.29) is 6.04 Å². The zero-order valence-electron chi connectivity index (χ0n) is 12.7. The average Bonchev–Trinajstić information content (AvgIpc) is 2.54. The first-order valence-corrected chi connectivity index (χ1v) is 7.50. The fourth-order valence-electron chi connectivity index (χ4n) is 2.85. The Morgan fingerprint density at radius 2 is 1.42 bits per heavy atom. The molecule has 0 atom stereocenters. The smallest absolute Gasteiger partial charge is 0.337 e. The van der Waals surface area contributed by atoms with E-state index in [1.807, 2.05) is 0 Å². The van der Waals surface area contributed by atoms with Gasteiger partial charge in [-0.25, -0.2) is 14.4 Å². The van der Waals surface area contributed by atoms with Gasteiger partial charge in [0, 0.05) is 6.04 Å². The number of aromatic carboxylic acids is 3. The van der Waals surface area contributed by atoms with E-state index in [0.29, 0.717) is 0 Å². The van der Waals surface area contributed by atoms with Gasteiger partial charge in [0.15, 0.2) is 0 Å². The lowest BCUT2D eigenvalue weighted by Crippen LogP contribution is -2.37. The first kappa shape index (κ1) is 17.5. The number of amides is 1. The molecule has 1 aliphatic rings. The molecular formula is C16H17NO7. The van der Waals surface area contributed by atoms with Crippen molar-refractivity contribution >= 4 is 23.8 Å². The maximum absolute atomic E-state index is 12.4. The molecule has 0 radical (unpaired) electrons. The number of carbonyl (C=O) groups excluding carboxylic acids is 1. The molecule has 0 heterocycles. The molecule has 0 aromatic heterocycles. The highest BCUT2D eigenvalue weighted by atomic mass is 16.4. The average molecular weight is 335 g/mol. The van der Waals surface area contributed by atoms with Crippen LogP contribution in [-0.4, -0.2) is 45.2 Å². The van der Waals surface area contributed by atoms with Crippen LogP contribution in [0, 0.1) is 0 Å². The van der Waals surface area contributed by atoms with Crippen molar-refractivity contribution in [2.45, 2.75) is 38.1 Å². The highest BCUT2D eigenvalue weighted by Crippen LogP contribution is 2.22. The topological polar surface area (TPSA) is 141 Å². The highest BCUT2D eigenvalue weighted by molar-refractivity contribution is 6.12. The summed E-state index contributed by atoms with van der Waals surface area (Å²) in [7, 11) is 0. The molecule has 1 aromatic carbocycles. The Hall–Kier alpha value is -2.90.